The number of halogens is 3. The van der Waals surface area contributed by atoms with Gasteiger partial charge >= 0.3 is 0 Å². The van der Waals surface area contributed by atoms with Gasteiger partial charge in [0, 0.05) is 15.6 Å². The van der Waals surface area contributed by atoms with Crippen LogP contribution >= 0.6 is 50.9 Å². The lowest BCUT2D eigenvalue weighted by Crippen LogP contribution is -2.19. The second kappa shape index (κ2) is 8.05. The Labute approximate surface area is 173 Å². The lowest BCUT2D eigenvalue weighted by molar-refractivity contribution is -0.115. The Morgan fingerprint density at radius 3 is 2.73 bits per heavy atom. The van der Waals surface area contributed by atoms with Crippen LogP contribution in [0.5, 0.6) is 5.75 Å². The van der Waals surface area contributed by atoms with Gasteiger partial charge in [0.15, 0.2) is 5.17 Å². The molecule has 1 aliphatic heterocycles. The summed E-state index contributed by atoms with van der Waals surface area (Å²) in [5.41, 5.74) is 2.34. The fourth-order valence-electron chi connectivity index (χ4n) is 2.29. The number of carbonyl (C=O) groups is 1. The quantitative estimate of drug-likeness (QED) is 0.561. The summed E-state index contributed by atoms with van der Waals surface area (Å²) in [6, 6.07) is 8.96. The Morgan fingerprint density at radius 1 is 1.27 bits per heavy atom. The molecule has 0 bridgehead atoms. The van der Waals surface area contributed by atoms with Crippen molar-refractivity contribution >= 4 is 73.7 Å². The predicted molar refractivity (Wildman–Crippen MR) is 113 cm³/mol. The molecule has 134 valence electrons. The van der Waals surface area contributed by atoms with E-state index < -0.39 is 0 Å². The fraction of sp³-hybridized carbons (Fsp3) is 0.111. The monoisotopic (exact) mass is 470 g/mol. The number of benzene rings is 2. The van der Waals surface area contributed by atoms with Crippen molar-refractivity contribution in [3.63, 3.8) is 0 Å². The third-order valence-electron chi connectivity index (χ3n) is 3.56. The van der Waals surface area contributed by atoms with Crippen LogP contribution in [0.2, 0.25) is 10.0 Å². The number of aliphatic imine (C=N–C) groups is 1. The van der Waals surface area contributed by atoms with Crippen LogP contribution < -0.4 is 10.1 Å². The number of ether oxygens (including phenoxy) is 1. The first-order valence-electron chi connectivity index (χ1n) is 7.46. The molecule has 4 nitrogen and oxygen atoms in total. The van der Waals surface area contributed by atoms with Crippen LogP contribution in [0, 0.1) is 6.92 Å². The van der Waals surface area contributed by atoms with Crippen LogP contribution in [0.15, 0.2) is 44.7 Å². The van der Waals surface area contributed by atoms with Crippen molar-refractivity contribution in [2.75, 3.05) is 7.11 Å². The van der Waals surface area contributed by atoms with Gasteiger partial charge in [-0.2, -0.15) is 0 Å². The molecule has 8 heteroatoms. The highest BCUT2D eigenvalue weighted by Gasteiger charge is 2.24. The van der Waals surface area contributed by atoms with Gasteiger partial charge in [0.25, 0.3) is 5.91 Å². The summed E-state index contributed by atoms with van der Waals surface area (Å²) in [4.78, 5) is 17.2. The third kappa shape index (κ3) is 4.26. The molecule has 0 saturated carbocycles. The van der Waals surface area contributed by atoms with E-state index in [-0.39, 0.29) is 5.91 Å². The molecule has 2 aromatic rings. The van der Waals surface area contributed by atoms with Crippen LogP contribution in [-0.4, -0.2) is 18.2 Å². The van der Waals surface area contributed by atoms with Crippen molar-refractivity contribution in [2.24, 2.45) is 4.99 Å². The number of amides is 1. The summed E-state index contributed by atoms with van der Waals surface area (Å²) < 4.78 is 6.10. The number of thioether (sulfide) groups is 1. The molecule has 1 aliphatic rings. The zero-order chi connectivity index (χ0) is 18.8. The Hall–Kier alpha value is -1.47. The van der Waals surface area contributed by atoms with Gasteiger partial charge in [-0.1, -0.05) is 29.3 Å². The van der Waals surface area contributed by atoms with E-state index in [9.17, 15) is 4.79 Å². The van der Waals surface area contributed by atoms with Gasteiger partial charge < -0.3 is 10.1 Å². The van der Waals surface area contributed by atoms with E-state index in [0.29, 0.717) is 41.6 Å². The second-order valence-electron chi connectivity index (χ2n) is 5.43. The summed E-state index contributed by atoms with van der Waals surface area (Å²) in [6.07, 6.45) is 1.72. The summed E-state index contributed by atoms with van der Waals surface area (Å²) in [5.74, 6) is 0.371. The molecule has 2 aromatic carbocycles. The van der Waals surface area contributed by atoms with Gasteiger partial charge in [0.1, 0.15) is 5.75 Å². The Balaban J connectivity index is 1.92. The summed E-state index contributed by atoms with van der Waals surface area (Å²) >= 11 is 16.9. The molecule has 0 spiro atoms. The van der Waals surface area contributed by atoms with Crippen LogP contribution in [0.25, 0.3) is 6.08 Å². The van der Waals surface area contributed by atoms with E-state index in [0.717, 1.165) is 5.56 Å². The van der Waals surface area contributed by atoms with Gasteiger partial charge in [-0.15, -0.1) is 0 Å². The van der Waals surface area contributed by atoms with Crippen LogP contribution in [0.4, 0.5) is 5.69 Å². The number of nitrogens with one attached hydrogen (secondary N) is 1. The number of hydrogen-bond donors (Lipinski definition) is 1. The highest BCUT2D eigenvalue weighted by Crippen LogP contribution is 2.36. The maximum Gasteiger partial charge on any atom is 0.264 e. The minimum Gasteiger partial charge on any atom is -0.495 e. The number of hydrogen-bond acceptors (Lipinski definition) is 4. The van der Waals surface area contributed by atoms with Crippen molar-refractivity contribution in [2.45, 2.75) is 6.92 Å². The highest BCUT2D eigenvalue weighted by atomic mass is 79.9. The summed E-state index contributed by atoms with van der Waals surface area (Å²) in [6.45, 7) is 1.92. The minimum absolute atomic E-state index is 0.231. The van der Waals surface area contributed by atoms with E-state index in [4.69, 9.17) is 27.9 Å². The van der Waals surface area contributed by atoms with Crippen molar-refractivity contribution in [3.8, 4) is 5.75 Å². The van der Waals surface area contributed by atoms with Crippen LogP contribution in [0.1, 0.15) is 11.1 Å². The molecule has 0 unspecified atom stereocenters. The molecule has 0 atom stereocenters. The molecule has 0 aromatic heterocycles. The molecule has 0 radical (unpaired) electrons. The number of carbonyl (C=O) groups excluding carboxylic acids is 1. The lowest BCUT2D eigenvalue weighted by Gasteiger charge is -2.08. The molecule has 1 saturated heterocycles. The third-order valence-corrected chi connectivity index (χ3v) is 5.69. The van der Waals surface area contributed by atoms with Crippen molar-refractivity contribution in [1.29, 1.82) is 0 Å². The fourth-order valence-corrected chi connectivity index (χ4v) is 4.30. The first kappa shape index (κ1) is 19.3. The second-order valence-corrected chi connectivity index (χ2v) is 8.15. The largest absolute Gasteiger partial charge is 0.495 e. The van der Waals surface area contributed by atoms with Crippen molar-refractivity contribution in [1.82, 2.24) is 5.32 Å². The average Bonchev–Trinajstić information content (AvgIpc) is 2.90. The molecule has 26 heavy (non-hydrogen) atoms. The zero-order valence-electron chi connectivity index (χ0n) is 13.8. The van der Waals surface area contributed by atoms with E-state index in [2.05, 4.69) is 26.2 Å². The van der Waals surface area contributed by atoms with Gasteiger partial charge in [-0.3, -0.25) is 4.79 Å². The topological polar surface area (TPSA) is 50.7 Å². The van der Waals surface area contributed by atoms with Gasteiger partial charge in [-0.05, 0) is 70.5 Å². The molecule has 0 aliphatic carbocycles. The SMILES string of the molecule is COc1c(Br)cc(Cl)cc1/C=C1\SC(=Nc2ccc(C)c(Cl)c2)NC1=O. The maximum atomic E-state index is 12.3. The minimum atomic E-state index is -0.231. The number of aryl methyl sites for hydroxylation is 1. The van der Waals surface area contributed by atoms with E-state index >= 15 is 0 Å². The molecule has 3 rings (SSSR count). The number of amidine groups is 1. The molecule has 1 N–H and O–H groups in total. The Morgan fingerprint density at radius 2 is 2.04 bits per heavy atom. The van der Waals surface area contributed by atoms with E-state index in [1.54, 1.807) is 31.4 Å². The number of methoxy groups -OCH3 is 1. The standard InChI is InChI=1S/C18H13BrCl2N2O2S/c1-9-3-4-12(8-14(9)21)22-18-23-17(24)15(26-18)6-10-5-11(20)7-13(19)16(10)25-2/h3-8H,1-2H3,(H,22,23,24)/b15-6-. The molecule has 1 amide bonds. The molecule has 1 fully saturated rings. The van der Waals surface area contributed by atoms with Gasteiger partial charge in [-0.25, -0.2) is 4.99 Å². The van der Waals surface area contributed by atoms with Crippen LogP contribution in [0.3, 0.4) is 0 Å². The number of nitrogens with zero attached hydrogens (tertiary/aromatic N) is 1. The first-order chi connectivity index (χ1) is 12.4. The molecular weight excluding hydrogens is 459 g/mol. The smallest absolute Gasteiger partial charge is 0.264 e. The van der Waals surface area contributed by atoms with Gasteiger partial charge in [0.05, 0.1) is 22.2 Å². The Bertz CT molecular complexity index is 960. The van der Waals surface area contributed by atoms with E-state index in [1.165, 1.54) is 11.8 Å². The molecular formula is C18H13BrCl2N2O2S. The molecule has 1 heterocycles. The summed E-state index contributed by atoms with van der Waals surface area (Å²) in [7, 11) is 1.56. The zero-order valence-corrected chi connectivity index (χ0v) is 17.7. The van der Waals surface area contributed by atoms with E-state index in [1.807, 2.05) is 19.1 Å². The van der Waals surface area contributed by atoms with Crippen LogP contribution in [-0.2, 0) is 4.79 Å². The predicted octanol–water partition coefficient (Wildman–Crippen LogP) is 5.96. The van der Waals surface area contributed by atoms with Crippen molar-refractivity contribution < 1.29 is 9.53 Å². The van der Waals surface area contributed by atoms with Crippen molar-refractivity contribution in [3.05, 3.63) is 60.9 Å². The van der Waals surface area contributed by atoms with Gasteiger partial charge in [0.2, 0.25) is 0 Å². The maximum absolute atomic E-state index is 12.3. The summed E-state index contributed by atoms with van der Waals surface area (Å²) in [5, 5.41) is 4.41. The first-order valence-corrected chi connectivity index (χ1v) is 9.82. The number of rotatable bonds is 3. The Kier molecular flexibility index (Phi) is 5.97. The average molecular weight is 472 g/mol. The normalized spacial score (nSPS) is 17.0. The highest BCUT2D eigenvalue weighted by molar-refractivity contribution is 9.10. The lowest BCUT2D eigenvalue weighted by atomic mass is 10.2.